The van der Waals surface area contributed by atoms with Gasteiger partial charge in [0.1, 0.15) is 22.9 Å². The Morgan fingerprint density at radius 3 is 2.74 bits per heavy atom. The van der Waals surface area contributed by atoms with Crippen LogP contribution >= 0.6 is 0 Å². The molecule has 0 saturated carbocycles. The predicted molar refractivity (Wildman–Crippen MR) is 82.5 cm³/mol. The summed E-state index contributed by atoms with van der Waals surface area (Å²) in [5.41, 5.74) is -0.738. The number of amides is 1. The summed E-state index contributed by atoms with van der Waals surface area (Å²) in [6, 6.07) is 7.44. The summed E-state index contributed by atoms with van der Waals surface area (Å²) < 4.78 is 23.8. The molecule has 0 spiro atoms. The van der Waals surface area contributed by atoms with Gasteiger partial charge >= 0.3 is 0 Å². The van der Waals surface area contributed by atoms with Gasteiger partial charge in [-0.2, -0.15) is 0 Å². The van der Waals surface area contributed by atoms with Crippen molar-refractivity contribution < 1.29 is 23.4 Å². The van der Waals surface area contributed by atoms with Gasteiger partial charge in [0.15, 0.2) is 0 Å². The molecule has 1 unspecified atom stereocenters. The second-order valence-corrected chi connectivity index (χ2v) is 5.61. The van der Waals surface area contributed by atoms with E-state index in [1.54, 1.807) is 26.0 Å². The van der Waals surface area contributed by atoms with Gasteiger partial charge in [0.05, 0.1) is 13.2 Å². The summed E-state index contributed by atoms with van der Waals surface area (Å²) in [7, 11) is 1.45. The molecule has 5 nitrogen and oxygen atoms in total. The first kappa shape index (κ1) is 17.2. The van der Waals surface area contributed by atoms with Crippen LogP contribution in [0, 0.1) is 12.7 Å². The number of furan rings is 1. The number of halogens is 1. The largest absolute Gasteiger partial charge is 0.463 e. The zero-order valence-corrected chi connectivity index (χ0v) is 13.4. The molecule has 1 atom stereocenters. The summed E-state index contributed by atoms with van der Waals surface area (Å²) in [4.78, 5) is 12.2. The van der Waals surface area contributed by atoms with Crippen LogP contribution in [0.1, 0.15) is 34.4 Å². The van der Waals surface area contributed by atoms with E-state index in [1.807, 2.05) is 0 Å². The van der Waals surface area contributed by atoms with Crippen molar-refractivity contribution in [3.8, 4) is 0 Å². The quantitative estimate of drug-likeness (QED) is 0.857. The minimum absolute atomic E-state index is 0.0320. The number of aliphatic hydroxyl groups is 1. The fourth-order valence-corrected chi connectivity index (χ4v) is 2.15. The molecule has 2 aromatic rings. The van der Waals surface area contributed by atoms with Gasteiger partial charge in [-0.15, -0.1) is 0 Å². The Kier molecular flexibility index (Phi) is 5.18. The van der Waals surface area contributed by atoms with Crippen LogP contribution in [-0.2, 0) is 16.9 Å². The third-order valence-electron chi connectivity index (χ3n) is 3.47. The second-order valence-electron chi connectivity index (χ2n) is 5.61. The topological polar surface area (TPSA) is 71.7 Å². The Hall–Kier alpha value is -2.18. The van der Waals surface area contributed by atoms with Gasteiger partial charge in [-0.05, 0) is 44.2 Å². The molecule has 0 fully saturated rings. The van der Waals surface area contributed by atoms with Crippen molar-refractivity contribution in [3.05, 3.63) is 58.8 Å². The van der Waals surface area contributed by atoms with Crippen LogP contribution < -0.4 is 5.32 Å². The van der Waals surface area contributed by atoms with Gasteiger partial charge in [0.25, 0.3) is 5.91 Å². The number of carbonyl (C=O) groups is 1. The molecule has 2 N–H and O–H groups in total. The number of benzene rings is 1. The van der Waals surface area contributed by atoms with E-state index in [4.69, 9.17) is 9.15 Å². The summed E-state index contributed by atoms with van der Waals surface area (Å²) in [5.74, 6) is 0.205. The van der Waals surface area contributed by atoms with E-state index in [0.717, 1.165) is 0 Å². The summed E-state index contributed by atoms with van der Waals surface area (Å²) in [6.07, 6.45) is 0. The Bertz CT molecular complexity index is 694. The van der Waals surface area contributed by atoms with Gasteiger partial charge in [-0.25, -0.2) is 4.39 Å². The van der Waals surface area contributed by atoms with E-state index in [9.17, 15) is 14.3 Å². The fourth-order valence-electron chi connectivity index (χ4n) is 2.15. The number of ether oxygens (including phenoxy) is 1. The highest BCUT2D eigenvalue weighted by Crippen LogP contribution is 2.22. The number of nitrogens with one attached hydrogen (secondary N) is 1. The van der Waals surface area contributed by atoms with Gasteiger partial charge in [0.2, 0.25) is 0 Å². The maximum atomic E-state index is 13.6. The summed E-state index contributed by atoms with van der Waals surface area (Å²) >= 11 is 0. The lowest BCUT2D eigenvalue weighted by Crippen LogP contribution is -2.38. The molecule has 0 bridgehead atoms. The maximum Gasteiger partial charge on any atom is 0.251 e. The molecular weight excluding hydrogens is 301 g/mol. The zero-order chi connectivity index (χ0) is 17.0. The highest BCUT2D eigenvalue weighted by Gasteiger charge is 2.27. The standard InChI is InChI=1S/C17H20FNO4/c1-11-4-7-15(23-11)17(2,21)10-19-16(20)12-5-6-14(18)13(8-12)9-22-3/h4-8,21H,9-10H2,1-3H3,(H,19,20). The third kappa shape index (κ3) is 4.18. The van der Waals surface area contributed by atoms with Gasteiger partial charge < -0.3 is 19.6 Å². The van der Waals surface area contributed by atoms with Crippen molar-refractivity contribution >= 4 is 5.91 Å². The van der Waals surface area contributed by atoms with E-state index < -0.39 is 17.3 Å². The van der Waals surface area contributed by atoms with Crippen LogP contribution in [0.3, 0.4) is 0 Å². The van der Waals surface area contributed by atoms with Crippen LogP contribution in [0.15, 0.2) is 34.7 Å². The van der Waals surface area contributed by atoms with Gasteiger partial charge in [-0.1, -0.05) is 0 Å². The van der Waals surface area contributed by atoms with E-state index in [0.29, 0.717) is 22.6 Å². The molecule has 23 heavy (non-hydrogen) atoms. The molecule has 0 aliphatic heterocycles. The smallest absolute Gasteiger partial charge is 0.251 e. The van der Waals surface area contributed by atoms with E-state index in [1.165, 1.54) is 25.3 Å². The highest BCUT2D eigenvalue weighted by molar-refractivity contribution is 5.94. The number of rotatable bonds is 6. The molecule has 0 aliphatic rings. The first-order valence-electron chi connectivity index (χ1n) is 7.18. The molecule has 1 heterocycles. The maximum absolute atomic E-state index is 13.6. The van der Waals surface area contributed by atoms with Crippen molar-refractivity contribution in [3.63, 3.8) is 0 Å². The minimum Gasteiger partial charge on any atom is -0.463 e. The third-order valence-corrected chi connectivity index (χ3v) is 3.47. The first-order valence-corrected chi connectivity index (χ1v) is 7.18. The predicted octanol–water partition coefficient (Wildman–Crippen LogP) is 2.51. The van der Waals surface area contributed by atoms with Crippen LogP contribution in [0.25, 0.3) is 0 Å². The molecule has 1 aromatic heterocycles. The lowest BCUT2D eigenvalue weighted by atomic mass is 10.0. The average Bonchev–Trinajstić information content (AvgIpc) is 2.95. The summed E-state index contributed by atoms with van der Waals surface area (Å²) in [5, 5.41) is 13.0. The fraction of sp³-hybridized carbons (Fsp3) is 0.353. The Balaban J connectivity index is 2.06. The lowest BCUT2D eigenvalue weighted by Gasteiger charge is -2.21. The van der Waals surface area contributed by atoms with E-state index >= 15 is 0 Å². The molecule has 0 aliphatic carbocycles. The zero-order valence-electron chi connectivity index (χ0n) is 13.4. The minimum atomic E-state index is -1.33. The SMILES string of the molecule is COCc1cc(C(=O)NCC(C)(O)c2ccc(C)o2)ccc1F. The van der Waals surface area contributed by atoms with Crippen molar-refractivity contribution in [1.29, 1.82) is 0 Å². The normalized spacial score (nSPS) is 13.6. The van der Waals surface area contributed by atoms with Crippen LogP contribution in [0.5, 0.6) is 0 Å². The molecular formula is C17H20FNO4. The highest BCUT2D eigenvalue weighted by atomic mass is 19.1. The number of aryl methyl sites for hydroxylation is 1. The monoisotopic (exact) mass is 321 g/mol. The summed E-state index contributed by atoms with van der Waals surface area (Å²) in [6.45, 7) is 3.37. The van der Waals surface area contributed by atoms with Gasteiger partial charge in [0, 0.05) is 18.2 Å². The molecule has 1 aromatic carbocycles. The Morgan fingerprint density at radius 2 is 2.13 bits per heavy atom. The van der Waals surface area contributed by atoms with Crippen LogP contribution in [0.2, 0.25) is 0 Å². The van der Waals surface area contributed by atoms with Crippen molar-refractivity contribution in [1.82, 2.24) is 5.32 Å². The second kappa shape index (κ2) is 6.93. The first-order chi connectivity index (χ1) is 10.8. The van der Waals surface area contributed by atoms with Crippen LogP contribution in [-0.4, -0.2) is 24.7 Å². The van der Waals surface area contributed by atoms with E-state index in [2.05, 4.69) is 5.32 Å². The number of carbonyl (C=O) groups excluding carboxylic acids is 1. The van der Waals surface area contributed by atoms with Gasteiger partial charge in [-0.3, -0.25) is 4.79 Å². The van der Waals surface area contributed by atoms with E-state index in [-0.39, 0.29) is 13.2 Å². The number of hydrogen-bond donors (Lipinski definition) is 2. The Labute approximate surface area is 134 Å². The molecule has 124 valence electrons. The van der Waals surface area contributed by atoms with Crippen molar-refractivity contribution in [2.75, 3.05) is 13.7 Å². The van der Waals surface area contributed by atoms with Crippen LogP contribution in [0.4, 0.5) is 4.39 Å². The van der Waals surface area contributed by atoms with Crippen molar-refractivity contribution in [2.45, 2.75) is 26.1 Å². The van der Waals surface area contributed by atoms with Crippen molar-refractivity contribution in [2.24, 2.45) is 0 Å². The molecule has 2 rings (SSSR count). The molecule has 6 heteroatoms. The number of hydrogen-bond acceptors (Lipinski definition) is 4. The Morgan fingerprint density at radius 1 is 1.39 bits per heavy atom. The average molecular weight is 321 g/mol. The lowest BCUT2D eigenvalue weighted by molar-refractivity contribution is 0.0323. The number of methoxy groups -OCH3 is 1. The molecule has 0 saturated heterocycles. The molecule has 1 amide bonds. The molecule has 0 radical (unpaired) electrons.